The fraction of sp³-hybridized carbons (Fsp3) is 0.957. The first-order valence-corrected chi connectivity index (χ1v) is 26.0. The molecule has 0 aliphatic rings. The second-order valence-corrected chi connectivity index (χ2v) is 18.3. The van der Waals surface area contributed by atoms with Crippen molar-refractivity contribution in [2.75, 3.05) is 26.4 Å². The Morgan fingerprint density at radius 1 is 0.397 bits per heavy atom. The SMILES string of the molecule is CCCCCCCCCCCCCCCCCCCCCCC(=O)OC(CO)COP(=O)(O)OCC(CO)OC(=O)CCCCCCCCCCCCCCCCC. The Labute approximate surface area is 356 Å². The van der Waals surface area contributed by atoms with Crippen LogP contribution in [-0.2, 0) is 32.7 Å². The molecule has 0 aromatic carbocycles. The third-order valence-corrected chi connectivity index (χ3v) is 12.0. The Bertz CT molecular complexity index is 935. The van der Waals surface area contributed by atoms with Crippen molar-refractivity contribution in [3.63, 3.8) is 0 Å². The van der Waals surface area contributed by atoms with Gasteiger partial charge in [-0.3, -0.25) is 18.6 Å². The Morgan fingerprint density at radius 3 is 0.810 bits per heavy atom. The summed E-state index contributed by atoms with van der Waals surface area (Å²) in [7, 11) is -4.63. The molecule has 0 heterocycles. The first-order valence-electron chi connectivity index (χ1n) is 24.5. The van der Waals surface area contributed by atoms with E-state index in [1.54, 1.807) is 0 Å². The van der Waals surface area contributed by atoms with E-state index in [1.807, 2.05) is 0 Å². The monoisotopic (exact) mass is 849 g/mol. The van der Waals surface area contributed by atoms with E-state index >= 15 is 0 Å². The van der Waals surface area contributed by atoms with Crippen LogP contribution < -0.4 is 0 Å². The van der Waals surface area contributed by atoms with Gasteiger partial charge in [-0.15, -0.1) is 0 Å². The third-order valence-electron chi connectivity index (χ3n) is 11.1. The molecule has 0 bridgehead atoms. The normalized spacial score (nSPS) is 13.7. The van der Waals surface area contributed by atoms with Crippen molar-refractivity contribution in [2.24, 2.45) is 0 Å². The van der Waals surface area contributed by atoms with E-state index in [0.29, 0.717) is 12.8 Å². The quantitative estimate of drug-likeness (QED) is 0.0307. The zero-order valence-electron chi connectivity index (χ0n) is 37.8. The van der Waals surface area contributed by atoms with E-state index in [1.165, 1.54) is 173 Å². The van der Waals surface area contributed by atoms with Gasteiger partial charge in [-0.05, 0) is 12.8 Å². The summed E-state index contributed by atoms with van der Waals surface area (Å²) < 4.78 is 32.7. The molecule has 0 radical (unpaired) electrons. The highest BCUT2D eigenvalue weighted by atomic mass is 31.2. The van der Waals surface area contributed by atoms with Gasteiger partial charge in [-0.25, -0.2) is 4.57 Å². The van der Waals surface area contributed by atoms with Crippen LogP contribution in [0.5, 0.6) is 0 Å². The fourth-order valence-electron chi connectivity index (χ4n) is 7.29. The zero-order valence-corrected chi connectivity index (χ0v) is 38.7. The van der Waals surface area contributed by atoms with Gasteiger partial charge in [-0.2, -0.15) is 0 Å². The molecule has 0 amide bonds. The van der Waals surface area contributed by atoms with Crippen LogP contribution in [0.25, 0.3) is 0 Å². The van der Waals surface area contributed by atoms with E-state index in [4.69, 9.17) is 18.5 Å². The lowest BCUT2D eigenvalue weighted by Crippen LogP contribution is -2.28. The van der Waals surface area contributed by atoms with Gasteiger partial charge in [0.1, 0.15) is 12.2 Å². The highest BCUT2D eigenvalue weighted by Crippen LogP contribution is 2.43. The first-order chi connectivity index (χ1) is 28.3. The van der Waals surface area contributed by atoms with E-state index in [2.05, 4.69) is 13.8 Å². The van der Waals surface area contributed by atoms with Crippen molar-refractivity contribution >= 4 is 19.8 Å². The van der Waals surface area contributed by atoms with Gasteiger partial charge in [-0.1, -0.05) is 226 Å². The number of rotatable bonds is 47. The van der Waals surface area contributed by atoms with Crippen LogP contribution in [0.3, 0.4) is 0 Å². The highest BCUT2D eigenvalue weighted by Gasteiger charge is 2.27. The number of aliphatic hydroxyl groups excluding tert-OH is 2. The molecule has 0 aliphatic heterocycles. The van der Waals surface area contributed by atoms with Gasteiger partial charge in [0.15, 0.2) is 0 Å². The maximum Gasteiger partial charge on any atom is 0.472 e. The topological polar surface area (TPSA) is 149 Å². The van der Waals surface area contributed by atoms with Crippen LogP contribution in [0.1, 0.15) is 251 Å². The van der Waals surface area contributed by atoms with Crippen LogP contribution in [0.4, 0.5) is 0 Å². The molecule has 3 atom stereocenters. The van der Waals surface area contributed by atoms with Crippen molar-refractivity contribution in [3.05, 3.63) is 0 Å². The minimum Gasteiger partial charge on any atom is -0.457 e. The molecule has 346 valence electrons. The molecule has 0 fully saturated rings. The number of ether oxygens (including phenoxy) is 2. The van der Waals surface area contributed by atoms with E-state index in [0.717, 1.165) is 38.5 Å². The Morgan fingerprint density at radius 2 is 0.603 bits per heavy atom. The van der Waals surface area contributed by atoms with Crippen LogP contribution in [0.15, 0.2) is 0 Å². The average Bonchev–Trinajstić information content (AvgIpc) is 3.21. The average molecular weight is 849 g/mol. The van der Waals surface area contributed by atoms with Crippen LogP contribution in [0.2, 0.25) is 0 Å². The van der Waals surface area contributed by atoms with Crippen molar-refractivity contribution in [3.8, 4) is 0 Å². The van der Waals surface area contributed by atoms with E-state index in [9.17, 15) is 29.3 Å². The second kappa shape index (κ2) is 44.0. The van der Waals surface area contributed by atoms with Crippen molar-refractivity contribution in [1.29, 1.82) is 0 Å². The Balaban J connectivity index is 3.81. The maximum atomic E-state index is 12.4. The summed E-state index contributed by atoms with van der Waals surface area (Å²) in [6.07, 6.45) is 42.2. The molecular weight excluding hydrogens is 755 g/mol. The van der Waals surface area contributed by atoms with Gasteiger partial charge in [0.05, 0.1) is 26.4 Å². The van der Waals surface area contributed by atoms with Gasteiger partial charge in [0.25, 0.3) is 0 Å². The number of carbonyl (C=O) groups excluding carboxylic acids is 2. The number of hydrogen-bond acceptors (Lipinski definition) is 9. The standard InChI is InChI=1S/C47H93O10P/c1-3-5-7-9-11-13-15-17-19-20-21-22-23-25-27-29-31-33-35-37-39-47(51)57-45(41-49)43-55-58(52,53)54-42-44(40-48)56-46(50)38-36-34-32-30-28-26-24-18-16-14-12-10-8-6-4-2/h44-45,48-49H,3-43H2,1-2H3,(H,52,53). The minimum absolute atomic E-state index is 0.200. The molecule has 11 heteroatoms. The molecule has 3 unspecified atom stereocenters. The molecule has 0 rings (SSSR count). The highest BCUT2D eigenvalue weighted by molar-refractivity contribution is 7.47. The maximum absolute atomic E-state index is 12.4. The van der Waals surface area contributed by atoms with E-state index < -0.39 is 58.4 Å². The van der Waals surface area contributed by atoms with E-state index in [-0.39, 0.29) is 12.8 Å². The molecule has 0 saturated carbocycles. The molecule has 10 nitrogen and oxygen atoms in total. The van der Waals surface area contributed by atoms with Gasteiger partial charge < -0.3 is 24.6 Å². The number of aliphatic hydroxyl groups is 2. The fourth-order valence-corrected chi connectivity index (χ4v) is 8.08. The summed E-state index contributed by atoms with van der Waals surface area (Å²) in [5.74, 6) is -1.00. The summed E-state index contributed by atoms with van der Waals surface area (Å²) in [6, 6.07) is 0. The Hall–Kier alpha value is -1.03. The van der Waals surface area contributed by atoms with Gasteiger partial charge in [0, 0.05) is 12.8 Å². The molecule has 0 aliphatic carbocycles. The molecule has 0 spiro atoms. The predicted molar refractivity (Wildman–Crippen MR) is 238 cm³/mol. The number of esters is 2. The molecule has 0 aromatic rings. The van der Waals surface area contributed by atoms with Crippen LogP contribution in [-0.4, -0.2) is 65.7 Å². The predicted octanol–water partition coefficient (Wildman–Crippen LogP) is 13.4. The van der Waals surface area contributed by atoms with Crippen molar-refractivity contribution in [2.45, 2.75) is 264 Å². The van der Waals surface area contributed by atoms with Gasteiger partial charge in [0.2, 0.25) is 0 Å². The lowest BCUT2D eigenvalue weighted by atomic mass is 10.0. The summed E-state index contributed by atoms with van der Waals surface area (Å²) in [5, 5.41) is 19.2. The summed E-state index contributed by atoms with van der Waals surface area (Å²) in [5.41, 5.74) is 0. The second-order valence-electron chi connectivity index (χ2n) is 16.8. The molecule has 3 N–H and O–H groups in total. The Kier molecular flexibility index (Phi) is 43.3. The smallest absolute Gasteiger partial charge is 0.457 e. The molecule has 58 heavy (non-hydrogen) atoms. The molecule has 0 saturated heterocycles. The molecular formula is C47H93O10P. The number of phosphoric ester groups is 1. The van der Waals surface area contributed by atoms with Crippen LogP contribution in [0, 0.1) is 0 Å². The lowest BCUT2D eigenvalue weighted by molar-refractivity contribution is -0.153. The number of carbonyl (C=O) groups is 2. The molecule has 0 aromatic heterocycles. The summed E-state index contributed by atoms with van der Waals surface area (Å²) in [4.78, 5) is 34.6. The summed E-state index contributed by atoms with van der Waals surface area (Å²) >= 11 is 0. The number of hydrogen-bond donors (Lipinski definition) is 3. The number of unbranched alkanes of at least 4 members (excludes halogenated alkanes) is 33. The summed E-state index contributed by atoms with van der Waals surface area (Å²) in [6.45, 7) is 2.27. The number of phosphoric acid groups is 1. The van der Waals surface area contributed by atoms with Gasteiger partial charge >= 0.3 is 19.8 Å². The first kappa shape index (κ1) is 57.0. The van der Waals surface area contributed by atoms with Crippen molar-refractivity contribution in [1.82, 2.24) is 0 Å². The van der Waals surface area contributed by atoms with Crippen LogP contribution >= 0.6 is 7.82 Å². The minimum atomic E-state index is -4.63. The largest absolute Gasteiger partial charge is 0.472 e. The van der Waals surface area contributed by atoms with Crippen molar-refractivity contribution < 1.29 is 47.8 Å². The lowest BCUT2D eigenvalue weighted by Gasteiger charge is -2.20. The third kappa shape index (κ3) is 41.7. The zero-order chi connectivity index (χ0) is 42.6.